The third-order valence-corrected chi connectivity index (χ3v) is 4.99. The summed E-state index contributed by atoms with van der Waals surface area (Å²) in [5, 5.41) is 10.8. The molecular formula is C20H28N4O. The van der Waals surface area contributed by atoms with Crippen LogP contribution in [0.25, 0.3) is 11.3 Å². The van der Waals surface area contributed by atoms with E-state index in [0.717, 1.165) is 55.8 Å². The first kappa shape index (κ1) is 17.7. The van der Waals surface area contributed by atoms with Crippen molar-refractivity contribution in [2.45, 2.75) is 32.1 Å². The maximum Gasteiger partial charge on any atom is 0.222 e. The van der Waals surface area contributed by atoms with Crippen molar-refractivity contribution in [2.24, 2.45) is 5.92 Å². The van der Waals surface area contributed by atoms with Gasteiger partial charge in [0.2, 0.25) is 5.91 Å². The Balaban J connectivity index is 1.38. The molecule has 1 aliphatic heterocycles. The molecule has 1 amide bonds. The first-order valence-electron chi connectivity index (χ1n) is 9.27. The number of carbonyl (C=O) groups excluding carboxylic acids is 1. The molecule has 0 bridgehead atoms. The lowest BCUT2D eigenvalue weighted by Crippen LogP contribution is -2.28. The van der Waals surface area contributed by atoms with Crippen molar-refractivity contribution >= 4 is 5.91 Å². The van der Waals surface area contributed by atoms with E-state index in [9.17, 15) is 4.79 Å². The predicted octanol–water partition coefficient (Wildman–Crippen LogP) is 2.86. The lowest BCUT2D eigenvalue weighted by atomic mass is 10.0. The number of rotatable bonds is 8. The number of hydrogen-bond acceptors (Lipinski definition) is 3. The summed E-state index contributed by atoms with van der Waals surface area (Å²) in [6, 6.07) is 12.3. The van der Waals surface area contributed by atoms with E-state index < -0.39 is 0 Å². The first-order chi connectivity index (χ1) is 12.2. The van der Waals surface area contributed by atoms with E-state index in [-0.39, 0.29) is 5.91 Å². The molecule has 2 N–H and O–H groups in total. The van der Waals surface area contributed by atoms with Crippen molar-refractivity contribution in [1.82, 2.24) is 20.4 Å². The molecule has 1 aliphatic rings. The fraction of sp³-hybridized carbons (Fsp3) is 0.500. The van der Waals surface area contributed by atoms with Crippen LogP contribution in [0.2, 0.25) is 0 Å². The van der Waals surface area contributed by atoms with Gasteiger partial charge in [0.1, 0.15) is 0 Å². The number of aromatic amines is 1. The molecule has 25 heavy (non-hydrogen) atoms. The van der Waals surface area contributed by atoms with Gasteiger partial charge in [-0.2, -0.15) is 5.10 Å². The quantitative estimate of drug-likeness (QED) is 0.777. The minimum Gasteiger partial charge on any atom is -0.346 e. The van der Waals surface area contributed by atoms with Gasteiger partial charge >= 0.3 is 0 Å². The number of H-pyrrole nitrogens is 1. The van der Waals surface area contributed by atoms with Gasteiger partial charge in [-0.15, -0.1) is 0 Å². The summed E-state index contributed by atoms with van der Waals surface area (Å²) in [4.78, 5) is 14.1. The van der Waals surface area contributed by atoms with E-state index in [0.29, 0.717) is 12.3 Å². The second-order valence-electron chi connectivity index (χ2n) is 6.96. The first-order valence-corrected chi connectivity index (χ1v) is 9.27. The number of nitrogens with one attached hydrogen (secondary N) is 2. The van der Waals surface area contributed by atoms with Crippen LogP contribution in [0, 0.1) is 5.92 Å². The molecule has 1 atom stereocenters. The summed E-state index contributed by atoms with van der Waals surface area (Å²) in [6.07, 6.45) is 4.75. The number of aromatic nitrogens is 2. The normalized spacial score (nSPS) is 16.9. The van der Waals surface area contributed by atoms with Gasteiger partial charge in [-0.1, -0.05) is 30.3 Å². The number of hydrogen-bond donors (Lipinski definition) is 2. The Kier molecular flexibility index (Phi) is 6.23. The molecule has 0 saturated carbocycles. The van der Waals surface area contributed by atoms with Gasteiger partial charge in [0.05, 0.1) is 5.69 Å². The van der Waals surface area contributed by atoms with Crippen LogP contribution in [0.15, 0.2) is 36.4 Å². The van der Waals surface area contributed by atoms with Crippen LogP contribution in [0.3, 0.4) is 0 Å². The number of nitrogens with zero attached hydrogens (tertiary/aromatic N) is 2. The second kappa shape index (κ2) is 8.81. The van der Waals surface area contributed by atoms with Crippen LogP contribution in [0.1, 0.15) is 31.4 Å². The Labute approximate surface area is 149 Å². The largest absolute Gasteiger partial charge is 0.346 e. The monoisotopic (exact) mass is 340 g/mol. The molecule has 5 heteroatoms. The Morgan fingerprint density at radius 2 is 2.16 bits per heavy atom. The molecule has 1 aromatic carbocycles. The zero-order valence-electron chi connectivity index (χ0n) is 15.0. The molecule has 2 heterocycles. The second-order valence-corrected chi connectivity index (χ2v) is 6.96. The summed E-state index contributed by atoms with van der Waals surface area (Å²) in [5.41, 5.74) is 3.22. The van der Waals surface area contributed by atoms with Crippen molar-refractivity contribution in [3.63, 3.8) is 0 Å². The molecule has 3 rings (SSSR count). The minimum atomic E-state index is 0.265. The Morgan fingerprint density at radius 3 is 2.92 bits per heavy atom. The number of carbonyl (C=O) groups is 1. The Hall–Kier alpha value is -2.14. The highest BCUT2D eigenvalue weighted by molar-refractivity contribution is 5.75. The molecule has 5 nitrogen and oxygen atoms in total. The maximum atomic E-state index is 12.2. The summed E-state index contributed by atoms with van der Waals surface area (Å²) < 4.78 is 0. The molecule has 0 radical (unpaired) electrons. The third kappa shape index (κ3) is 5.16. The molecule has 0 aliphatic carbocycles. The van der Waals surface area contributed by atoms with E-state index in [1.807, 2.05) is 30.1 Å². The van der Waals surface area contributed by atoms with Crippen LogP contribution in [-0.2, 0) is 11.2 Å². The Bertz CT molecular complexity index is 661. The molecule has 2 aromatic rings. The highest BCUT2D eigenvalue weighted by Crippen LogP contribution is 2.18. The lowest BCUT2D eigenvalue weighted by molar-refractivity contribution is -0.130. The molecule has 1 saturated heterocycles. The van der Waals surface area contributed by atoms with Crippen LogP contribution < -0.4 is 5.32 Å². The fourth-order valence-electron chi connectivity index (χ4n) is 3.36. The fourth-order valence-corrected chi connectivity index (χ4v) is 3.36. The molecule has 0 spiro atoms. The number of benzene rings is 1. The lowest BCUT2D eigenvalue weighted by Gasteiger charge is -2.18. The van der Waals surface area contributed by atoms with Gasteiger partial charge in [-0.25, -0.2) is 0 Å². The van der Waals surface area contributed by atoms with Crippen molar-refractivity contribution in [3.05, 3.63) is 42.1 Å². The SMILES string of the molecule is CN(CCCc1cc(-c2ccccc2)n[nH]1)C(=O)CCC1CCNC1. The topological polar surface area (TPSA) is 61.0 Å². The van der Waals surface area contributed by atoms with Crippen LogP contribution in [0.5, 0.6) is 0 Å². The molecule has 1 unspecified atom stereocenters. The van der Waals surface area contributed by atoms with Crippen molar-refractivity contribution in [3.8, 4) is 11.3 Å². The van der Waals surface area contributed by atoms with Gasteiger partial charge in [-0.3, -0.25) is 9.89 Å². The summed E-state index contributed by atoms with van der Waals surface area (Å²) in [7, 11) is 1.91. The molecule has 1 aromatic heterocycles. The van der Waals surface area contributed by atoms with Gasteiger partial charge in [-0.05, 0) is 50.8 Å². The third-order valence-electron chi connectivity index (χ3n) is 4.99. The van der Waals surface area contributed by atoms with Crippen molar-refractivity contribution in [1.29, 1.82) is 0 Å². The van der Waals surface area contributed by atoms with Crippen LogP contribution in [-0.4, -0.2) is 47.7 Å². The van der Waals surface area contributed by atoms with E-state index >= 15 is 0 Å². The zero-order chi connectivity index (χ0) is 17.5. The standard InChI is InChI=1S/C20H28N4O/c1-24(20(25)10-9-16-11-12-21-15-16)13-5-8-18-14-19(23-22-18)17-6-3-2-4-7-17/h2-4,6-7,14,16,21H,5,8-13,15H2,1H3,(H,22,23). The van der Waals surface area contributed by atoms with Crippen molar-refractivity contribution < 1.29 is 4.79 Å². The highest BCUT2D eigenvalue weighted by atomic mass is 16.2. The van der Waals surface area contributed by atoms with E-state index in [2.05, 4.69) is 33.7 Å². The highest BCUT2D eigenvalue weighted by Gasteiger charge is 2.17. The smallest absolute Gasteiger partial charge is 0.222 e. The average molecular weight is 340 g/mol. The maximum absolute atomic E-state index is 12.2. The number of aryl methyl sites for hydroxylation is 1. The molecular weight excluding hydrogens is 312 g/mol. The minimum absolute atomic E-state index is 0.265. The van der Waals surface area contributed by atoms with Gasteiger partial charge in [0.25, 0.3) is 0 Å². The summed E-state index contributed by atoms with van der Waals surface area (Å²) in [5.74, 6) is 0.945. The summed E-state index contributed by atoms with van der Waals surface area (Å²) >= 11 is 0. The molecule has 1 fully saturated rings. The van der Waals surface area contributed by atoms with Crippen LogP contribution >= 0.6 is 0 Å². The van der Waals surface area contributed by atoms with E-state index in [4.69, 9.17) is 0 Å². The average Bonchev–Trinajstić information content (AvgIpc) is 3.32. The predicted molar refractivity (Wildman–Crippen MR) is 100 cm³/mol. The van der Waals surface area contributed by atoms with Gasteiger partial charge in [0, 0.05) is 31.3 Å². The Morgan fingerprint density at radius 1 is 1.32 bits per heavy atom. The van der Waals surface area contributed by atoms with Crippen LogP contribution in [0.4, 0.5) is 0 Å². The summed E-state index contributed by atoms with van der Waals surface area (Å²) in [6.45, 7) is 2.96. The zero-order valence-corrected chi connectivity index (χ0v) is 15.0. The van der Waals surface area contributed by atoms with E-state index in [1.54, 1.807) is 0 Å². The van der Waals surface area contributed by atoms with Gasteiger partial charge in [0.15, 0.2) is 0 Å². The van der Waals surface area contributed by atoms with Crippen molar-refractivity contribution in [2.75, 3.05) is 26.7 Å². The molecule has 134 valence electrons. The number of amides is 1. The van der Waals surface area contributed by atoms with E-state index in [1.165, 1.54) is 6.42 Å². The van der Waals surface area contributed by atoms with Gasteiger partial charge < -0.3 is 10.2 Å².